The molecule has 0 atom stereocenters. The Bertz CT molecular complexity index is 752. The SMILES string of the molecule is COc1ccccc1ONNC(=O)c1cc2c(cc1OC)ONO2. The number of amides is 1. The number of hydrazine groups is 1. The lowest BCUT2D eigenvalue weighted by Crippen LogP contribution is -2.39. The minimum Gasteiger partial charge on any atom is -0.496 e. The van der Waals surface area contributed by atoms with Crippen LogP contribution in [0.15, 0.2) is 36.4 Å². The molecule has 0 unspecified atom stereocenters. The number of benzene rings is 2. The van der Waals surface area contributed by atoms with Gasteiger partial charge in [0, 0.05) is 17.8 Å². The summed E-state index contributed by atoms with van der Waals surface area (Å²) in [4.78, 5) is 27.6. The minimum atomic E-state index is -0.486. The van der Waals surface area contributed by atoms with E-state index in [0.29, 0.717) is 28.7 Å². The van der Waals surface area contributed by atoms with Crippen molar-refractivity contribution in [2.24, 2.45) is 0 Å². The molecule has 1 amide bonds. The highest BCUT2D eigenvalue weighted by Crippen LogP contribution is 2.36. The van der Waals surface area contributed by atoms with Gasteiger partial charge in [-0.3, -0.25) is 10.2 Å². The number of hydrogen-bond acceptors (Lipinski definition) is 8. The molecule has 1 aliphatic heterocycles. The van der Waals surface area contributed by atoms with Gasteiger partial charge in [-0.2, -0.15) is 0 Å². The molecule has 1 heterocycles. The van der Waals surface area contributed by atoms with Gasteiger partial charge in [-0.05, 0) is 12.1 Å². The summed E-state index contributed by atoms with van der Waals surface area (Å²) in [6.45, 7) is 0. The van der Waals surface area contributed by atoms with E-state index >= 15 is 0 Å². The van der Waals surface area contributed by atoms with Crippen molar-refractivity contribution in [2.75, 3.05) is 14.2 Å². The van der Waals surface area contributed by atoms with Crippen molar-refractivity contribution in [2.45, 2.75) is 0 Å². The Balaban J connectivity index is 1.67. The van der Waals surface area contributed by atoms with Crippen molar-refractivity contribution in [1.82, 2.24) is 16.7 Å². The monoisotopic (exact) mass is 333 g/mol. The van der Waals surface area contributed by atoms with Crippen molar-refractivity contribution < 1.29 is 28.8 Å². The summed E-state index contributed by atoms with van der Waals surface area (Å²) in [7, 11) is 2.97. The number of ether oxygens (including phenoxy) is 2. The Morgan fingerprint density at radius 3 is 2.38 bits per heavy atom. The van der Waals surface area contributed by atoms with Crippen LogP contribution in [0.3, 0.4) is 0 Å². The highest BCUT2D eigenvalue weighted by atomic mass is 16.9. The summed E-state index contributed by atoms with van der Waals surface area (Å²) in [6, 6.07) is 10.0. The third kappa shape index (κ3) is 3.12. The normalized spacial score (nSPS) is 11.8. The van der Waals surface area contributed by atoms with E-state index in [9.17, 15) is 4.79 Å². The van der Waals surface area contributed by atoms with Crippen LogP contribution in [0.1, 0.15) is 10.4 Å². The number of hydrogen-bond donors (Lipinski definition) is 3. The van der Waals surface area contributed by atoms with Crippen molar-refractivity contribution in [3.8, 4) is 28.7 Å². The van der Waals surface area contributed by atoms with Gasteiger partial charge in [-0.1, -0.05) is 17.7 Å². The topological polar surface area (TPSA) is 99.3 Å². The van der Waals surface area contributed by atoms with Gasteiger partial charge in [0.05, 0.1) is 19.8 Å². The van der Waals surface area contributed by atoms with Crippen LogP contribution in [0.4, 0.5) is 0 Å². The molecule has 2 aromatic carbocycles. The second kappa shape index (κ2) is 6.94. The molecule has 9 heteroatoms. The fraction of sp³-hybridized carbons (Fsp3) is 0.133. The van der Waals surface area contributed by atoms with E-state index in [0.717, 1.165) is 0 Å². The molecule has 0 saturated carbocycles. The Hall–Kier alpha value is -3.17. The average Bonchev–Trinajstić information content (AvgIpc) is 3.08. The molecule has 3 N–H and O–H groups in total. The molecule has 9 nitrogen and oxygen atoms in total. The summed E-state index contributed by atoms with van der Waals surface area (Å²) >= 11 is 0. The Morgan fingerprint density at radius 1 is 1.00 bits per heavy atom. The molecular weight excluding hydrogens is 318 g/mol. The van der Waals surface area contributed by atoms with Crippen LogP contribution in [-0.2, 0) is 0 Å². The standard InChI is InChI=1S/C15H15N3O6/c1-20-10-5-3-4-6-11(10)22-17-16-15(19)9-7-13-14(24-18-23-13)8-12(9)21-2/h3-8,17-18H,1-2H3,(H,16,19). The zero-order valence-electron chi connectivity index (χ0n) is 12.9. The quantitative estimate of drug-likeness (QED) is 0.677. The molecular formula is C15H15N3O6. The van der Waals surface area contributed by atoms with Gasteiger partial charge in [0.2, 0.25) is 0 Å². The Morgan fingerprint density at radius 2 is 1.67 bits per heavy atom. The largest absolute Gasteiger partial charge is 0.496 e. The van der Waals surface area contributed by atoms with Gasteiger partial charge in [0.25, 0.3) is 5.91 Å². The third-order valence-corrected chi connectivity index (χ3v) is 3.21. The van der Waals surface area contributed by atoms with E-state index in [2.05, 4.69) is 16.7 Å². The molecule has 3 rings (SSSR count). The van der Waals surface area contributed by atoms with Crippen LogP contribution in [0.25, 0.3) is 0 Å². The van der Waals surface area contributed by atoms with E-state index in [-0.39, 0.29) is 5.56 Å². The number of carbonyl (C=O) groups excluding carboxylic acids is 1. The molecule has 0 fully saturated rings. The molecule has 126 valence electrons. The molecule has 0 aliphatic carbocycles. The number of methoxy groups -OCH3 is 2. The van der Waals surface area contributed by atoms with E-state index in [1.165, 1.54) is 26.4 Å². The first kappa shape index (κ1) is 15.7. The lowest BCUT2D eigenvalue weighted by Gasteiger charge is -2.12. The summed E-state index contributed by atoms with van der Waals surface area (Å²) in [5.41, 5.74) is 7.25. The maximum absolute atomic E-state index is 12.3. The number of fused-ring (bicyclic) bond motifs is 1. The zero-order valence-corrected chi connectivity index (χ0v) is 12.9. The zero-order chi connectivity index (χ0) is 16.9. The smallest absolute Gasteiger partial charge is 0.271 e. The summed E-state index contributed by atoms with van der Waals surface area (Å²) in [6.07, 6.45) is 0. The number of para-hydroxylation sites is 2. The van der Waals surface area contributed by atoms with Gasteiger partial charge in [-0.25, -0.2) is 0 Å². The number of carbonyl (C=O) groups is 1. The number of nitrogens with one attached hydrogen (secondary N) is 3. The molecule has 1 aliphatic rings. The van der Waals surface area contributed by atoms with Gasteiger partial charge >= 0.3 is 0 Å². The minimum absolute atomic E-state index is 0.236. The summed E-state index contributed by atoms with van der Waals surface area (Å²) in [5.74, 6) is 1.55. The molecule has 0 spiro atoms. The fourth-order valence-corrected chi connectivity index (χ4v) is 2.06. The van der Waals surface area contributed by atoms with Gasteiger partial charge in [0.15, 0.2) is 23.0 Å². The second-order valence-electron chi connectivity index (χ2n) is 4.60. The van der Waals surface area contributed by atoms with E-state index < -0.39 is 5.91 Å². The van der Waals surface area contributed by atoms with Crippen molar-refractivity contribution >= 4 is 5.91 Å². The number of rotatable bonds is 6. The van der Waals surface area contributed by atoms with Gasteiger partial charge in [0.1, 0.15) is 5.75 Å². The highest BCUT2D eigenvalue weighted by molar-refractivity contribution is 5.97. The van der Waals surface area contributed by atoms with E-state index in [1.54, 1.807) is 24.3 Å². The highest BCUT2D eigenvalue weighted by Gasteiger charge is 2.22. The average molecular weight is 333 g/mol. The van der Waals surface area contributed by atoms with Gasteiger partial charge in [-0.15, -0.1) is 0 Å². The molecule has 2 aromatic rings. The van der Waals surface area contributed by atoms with Crippen LogP contribution in [-0.4, -0.2) is 20.1 Å². The van der Waals surface area contributed by atoms with Crippen molar-refractivity contribution in [3.05, 3.63) is 42.0 Å². The molecule has 0 aromatic heterocycles. The lowest BCUT2D eigenvalue weighted by atomic mass is 10.1. The van der Waals surface area contributed by atoms with Crippen molar-refractivity contribution in [3.63, 3.8) is 0 Å². The molecule has 0 bridgehead atoms. The molecule has 24 heavy (non-hydrogen) atoms. The van der Waals surface area contributed by atoms with Crippen molar-refractivity contribution in [1.29, 1.82) is 0 Å². The van der Waals surface area contributed by atoms with Crippen LogP contribution in [0.2, 0.25) is 0 Å². The predicted molar refractivity (Wildman–Crippen MR) is 81.6 cm³/mol. The summed E-state index contributed by atoms with van der Waals surface area (Å²) < 4.78 is 10.3. The van der Waals surface area contributed by atoms with Crippen LogP contribution < -0.4 is 40.6 Å². The van der Waals surface area contributed by atoms with Gasteiger partial charge < -0.3 is 24.0 Å². The molecule has 0 saturated heterocycles. The van der Waals surface area contributed by atoms with Crippen LogP contribution in [0, 0.1) is 0 Å². The molecule has 0 radical (unpaired) electrons. The first-order valence-corrected chi connectivity index (χ1v) is 6.89. The summed E-state index contributed by atoms with van der Waals surface area (Å²) in [5, 5.41) is 0. The predicted octanol–water partition coefficient (Wildman–Crippen LogP) is 1.12. The van der Waals surface area contributed by atoms with E-state index in [1.807, 2.05) is 0 Å². The van der Waals surface area contributed by atoms with Crippen LogP contribution in [0.5, 0.6) is 28.7 Å². The maximum Gasteiger partial charge on any atom is 0.271 e. The Kier molecular flexibility index (Phi) is 4.54. The fourth-order valence-electron chi connectivity index (χ4n) is 2.06. The third-order valence-electron chi connectivity index (χ3n) is 3.21. The first-order chi connectivity index (χ1) is 11.7. The second-order valence-corrected chi connectivity index (χ2v) is 4.60. The first-order valence-electron chi connectivity index (χ1n) is 6.89. The lowest BCUT2D eigenvalue weighted by molar-refractivity contribution is 0.0259. The maximum atomic E-state index is 12.3. The van der Waals surface area contributed by atoms with E-state index in [4.69, 9.17) is 24.0 Å². The van der Waals surface area contributed by atoms with Crippen LogP contribution >= 0.6 is 0 Å². The Labute approximate surface area is 137 Å².